The smallest absolute Gasteiger partial charge is 0.333 e. The highest BCUT2D eigenvalue weighted by Gasteiger charge is 2.16. The first-order valence-corrected chi connectivity index (χ1v) is 4.30. The normalized spacial score (nSPS) is 13.3. The van der Waals surface area contributed by atoms with E-state index in [1.807, 2.05) is 6.92 Å². The number of rotatable bonds is 5. The summed E-state index contributed by atoms with van der Waals surface area (Å²) in [4.78, 5) is 19.4. The number of carboxylic acids is 2. The second-order valence-electron chi connectivity index (χ2n) is 2.94. The molecular weight excluding hydrogens is 206 g/mol. The van der Waals surface area contributed by atoms with Crippen molar-refractivity contribution in [3.63, 3.8) is 0 Å². The van der Waals surface area contributed by atoms with Crippen molar-refractivity contribution in [1.82, 2.24) is 0 Å². The molecule has 0 aliphatic heterocycles. The molecule has 0 aliphatic carbocycles. The van der Waals surface area contributed by atoms with Crippen LogP contribution in [0.3, 0.4) is 0 Å². The highest BCUT2D eigenvalue weighted by Crippen LogP contribution is 1.89. The molecule has 0 spiro atoms. The van der Waals surface area contributed by atoms with Crippen LogP contribution in [0.15, 0.2) is 0 Å². The summed E-state index contributed by atoms with van der Waals surface area (Å²) in [7, 11) is 0. The van der Waals surface area contributed by atoms with Gasteiger partial charge in [-0.2, -0.15) is 0 Å². The van der Waals surface area contributed by atoms with Gasteiger partial charge in [-0.1, -0.05) is 0 Å². The van der Waals surface area contributed by atoms with E-state index in [9.17, 15) is 9.59 Å². The summed E-state index contributed by atoms with van der Waals surface area (Å²) in [6, 6.07) is 0.148. The molecule has 0 saturated carbocycles. The molecule has 7 heteroatoms. The minimum absolute atomic E-state index is 0.148. The van der Waals surface area contributed by atoms with E-state index in [4.69, 9.17) is 26.2 Å². The topological polar surface area (TPSA) is 141 Å². The lowest BCUT2D eigenvalue weighted by atomic mass is 10.3. The molecule has 0 bridgehead atoms. The van der Waals surface area contributed by atoms with Gasteiger partial charge in [-0.05, 0) is 13.3 Å². The highest BCUT2D eigenvalue weighted by atomic mass is 16.4. The molecule has 90 valence electrons. The summed E-state index contributed by atoms with van der Waals surface area (Å²) < 4.78 is 0. The van der Waals surface area contributed by atoms with E-state index < -0.39 is 24.5 Å². The van der Waals surface area contributed by atoms with Crippen LogP contribution in [0, 0.1) is 0 Å². The lowest BCUT2D eigenvalue weighted by molar-refractivity contribution is -0.152. The molecule has 2 atom stereocenters. The molecule has 15 heavy (non-hydrogen) atoms. The van der Waals surface area contributed by atoms with Crippen LogP contribution in [0.2, 0.25) is 0 Å². The molecule has 0 radical (unpaired) electrons. The fourth-order valence-electron chi connectivity index (χ4n) is 0.456. The van der Waals surface area contributed by atoms with Crippen molar-refractivity contribution in [2.45, 2.75) is 31.9 Å². The van der Waals surface area contributed by atoms with Gasteiger partial charge in [0, 0.05) is 12.6 Å². The molecule has 0 amide bonds. The fraction of sp³-hybridized carbons (Fsp3) is 0.750. The summed E-state index contributed by atoms with van der Waals surface area (Å²) in [5.74, 6) is -2.85. The Labute approximate surface area is 87.1 Å². The van der Waals surface area contributed by atoms with Gasteiger partial charge in [0.05, 0.1) is 6.42 Å². The molecule has 0 aromatic rings. The molecule has 6 N–H and O–H groups in total. The Hall–Kier alpha value is -1.18. The SMILES string of the molecule is C[C@@H](N)CCO.O=C(O)C[C@H](O)C(=O)O. The summed E-state index contributed by atoms with van der Waals surface area (Å²) in [6.07, 6.45) is -1.84. The number of carboxylic acid groups (broad SMARTS) is 2. The molecule has 0 aromatic heterocycles. The number of carbonyl (C=O) groups is 2. The van der Waals surface area contributed by atoms with E-state index in [-0.39, 0.29) is 12.6 Å². The maximum Gasteiger partial charge on any atom is 0.333 e. The van der Waals surface area contributed by atoms with Crippen LogP contribution in [0.5, 0.6) is 0 Å². The Morgan fingerprint density at radius 3 is 1.87 bits per heavy atom. The molecule has 7 nitrogen and oxygen atoms in total. The zero-order valence-electron chi connectivity index (χ0n) is 8.46. The minimum Gasteiger partial charge on any atom is -0.481 e. The molecule has 0 fully saturated rings. The second-order valence-corrected chi connectivity index (χ2v) is 2.94. The van der Waals surface area contributed by atoms with E-state index in [0.717, 1.165) is 0 Å². The van der Waals surface area contributed by atoms with Crippen LogP contribution in [-0.2, 0) is 9.59 Å². The molecule has 0 rings (SSSR count). The lowest BCUT2D eigenvalue weighted by Crippen LogP contribution is -2.22. The number of hydrogen-bond acceptors (Lipinski definition) is 5. The average Bonchev–Trinajstić information content (AvgIpc) is 2.03. The Bertz CT molecular complexity index is 194. The van der Waals surface area contributed by atoms with E-state index in [1.54, 1.807) is 0 Å². The Kier molecular flexibility index (Phi) is 10.2. The van der Waals surface area contributed by atoms with Crippen molar-refractivity contribution < 1.29 is 30.0 Å². The first-order valence-electron chi connectivity index (χ1n) is 4.30. The largest absolute Gasteiger partial charge is 0.481 e. The van der Waals surface area contributed by atoms with E-state index in [0.29, 0.717) is 6.42 Å². The average molecular weight is 223 g/mol. The summed E-state index contributed by atoms with van der Waals surface area (Å²) in [6.45, 7) is 2.08. The number of aliphatic hydroxyl groups is 2. The zero-order valence-corrected chi connectivity index (χ0v) is 8.46. The van der Waals surface area contributed by atoms with Crippen LogP contribution < -0.4 is 5.73 Å². The van der Waals surface area contributed by atoms with Crippen molar-refractivity contribution in [1.29, 1.82) is 0 Å². The van der Waals surface area contributed by atoms with Crippen molar-refractivity contribution >= 4 is 11.9 Å². The van der Waals surface area contributed by atoms with Crippen molar-refractivity contribution in [3.05, 3.63) is 0 Å². The van der Waals surface area contributed by atoms with Gasteiger partial charge in [0.15, 0.2) is 6.10 Å². The van der Waals surface area contributed by atoms with E-state index in [2.05, 4.69) is 0 Å². The maximum absolute atomic E-state index is 9.72. The number of aliphatic carboxylic acids is 2. The van der Waals surface area contributed by atoms with E-state index >= 15 is 0 Å². The van der Waals surface area contributed by atoms with Gasteiger partial charge >= 0.3 is 11.9 Å². The third kappa shape index (κ3) is 15.6. The minimum atomic E-state index is -1.79. The molecule has 0 heterocycles. The molecule has 0 unspecified atom stereocenters. The second kappa shape index (κ2) is 9.38. The van der Waals surface area contributed by atoms with Crippen LogP contribution >= 0.6 is 0 Å². The monoisotopic (exact) mass is 223 g/mol. The number of hydrogen-bond donors (Lipinski definition) is 5. The van der Waals surface area contributed by atoms with Crippen molar-refractivity contribution in [3.8, 4) is 0 Å². The van der Waals surface area contributed by atoms with Gasteiger partial charge in [-0.15, -0.1) is 0 Å². The van der Waals surface area contributed by atoms with Crippen LogP contribution in [0.1, 0.15) is 19.8 Å². The van der Waals surface area contributed by atoms with Gasteiger partial charge in [0.2, 0.25) is 0 Å². The standard InChI is InChI=1S/C4H11NO.C4H6O5/c1-4(5)2-3-6;5-2(4(8)9)1-3(6)7/h4,6H,2-3,5H2,1H3;2,5H,1H2,(H,6,7)(H,8,9)/t4-;2-/m10/s1. The molecule has 0 aromatic carbocycles. The Balaban J connectivity index is 0. The maximum atomic E-state index is 9.72. The Morgan fingerprint density at radius 1 is 1.33 bits per heavy atom. The van der Waals surface area contributed by atoms with Crippen LogP contribution in [0.4, 0.5) is 0 Å². The predicted molar refractivity (Wildman–Crippen MR) is 51.2 cm³/mol. The number of aliphatic hydroxyl groups excluding tert-OH is 2. The first-order chi connectivity index (χ1) is 6.81. The van der Waals surface area contributed by atoms with Crippen LogP contribution in [-0.4, -0.2) is 51.1 Å². The predicted octanol–water partition coefficient (Wildman–Crippen LogP) is -1.38. The van der Waals surface area contributed by atoms with Gasteiger partial charge in [0.1, 0.15) is 0 Å². The summed E-state index contributed by atoms with van der Waals surface area (Å²) >= 11 is 0. The van der Waals surface area contributed by atoms with Crippen LogP contribution in [0.25, 0.3) is 0 Å². The van der Waals surface area contributed by atoms with Crippen molar-refractivity contribution in [2.75, 3.05) is 6.61 Å². The Morgan fingerprint density at radius 2 is 1.80 bits per heavy atom. The van der Waals surface area contributed by atoms with Gasteiger partial charge < -0.3 is 26.2 Å². The van der Waals surface area contributed by atoms with Gasteiger partial charge in [-0.3, -0.25) is 4.79 Å². The quantitative estimate of drug-likeness (QED) is 0.387. The molecular formula is C8H17NO6. The zero-order chi connectivity index (χ0) is 12.4. The third-order valence-electron chi connectivity index (χ3n) is 1.24. The molecule has 0 saturated heterocycles. The molecule has 0 aliphatic rings. The highest BCUT2D eigenvalue weighted by molar-refractivity contribution is 5.79. The van der Waals surface area contributed by atoms with E-state index in [1.165, 1.54) is 0 Å². The number of nitrogens with two attached hydrogens (primary N) is 1. The third-order valence-corrected chi connectivity index (χ3v) is 1.24. The van der Waals surface area contributed by atoms with Crippen molar-refractivity contribution in [2.24, 2.45) is 5.73 Å². The van der Waals surface area contributed by atoms with Gasteiger partial charge in [0.25, 0.3) is 0 Å². The first kappa shape index (κ1) is 16.3. The lowest BCUT2D eigenvalue weighted by Gasteiger charge is -1.97. The van der Waals surface area contributed by atoms with Gasteiger partial charge in [-0.25, -0.2) is 4.79 Å². The fourth-order valence-corrected chi connectivity index (χ4v) is 0.456. The summed E-state index contributed by atoms with van der Waals surface area (Å²) in [5, 5.41) is 32.3. The summed E-state index contributed by atoms with van der Waals surface area (Å²) in [5.41, 5.74) is 5.24.